The van der Waals surface area contributed by atoms with Gasteiger partial charge in [-0.3, -0.25) is 0 Å². The Morgan fingerprint density at radius 3 is 2.68 bits per heavy atom. The van der Waals surface area contributed by atoms with Crippen LogP contribution in [0.5, 0.6) is 5.75 Å². The third kappa shape index (κ3) is 4.24. The molecule has 2 heteroatoms. The molecule has 0 spiro atoms. The fraction of sp³-hybridized carbons (Fsp3) is 0.647. The first-order valence-corrected chi connectivity index (χ1v) is 7.37. The normalized spacial score (nSPS) is 19.7. The first-order valence-electron chi connectivity index (χ1n) is 7.37. The number of nitrogens with one attached hydrogen (secondary N) is 1. The van der Waals surface area contributed by atoms with Crippen LogP contribution in [0.15, 0.2) is 18.2 Å². The largest absolute Gasteiger partial charge is 0.496 e. The van der Waals surface area contributed by atoms with E-state index in [4.69, 9.17) is 4.74 Å². The summed E-state index contributed by atoms with van der Waals surface area (Å²) in [5, 5.41) is 3.57. The maximum Gasteiger partial charge on any atom is 0.122 e. The SMILES string of the molecule is COc1ccc(CC(C)(C)C)cc1CC1CCCN1. The predicted octanol–water partition coefficient (Wildman–Crippen LogP) is 3.58. The lowest BCUT2D eigenvalue weighted by atomic mass is 9.87. The molecule has 106 valence electrons. The molecule has 1 fully saturated rings. The molecule has 1 aromatic carbocycles. The molecule has 1 heterocycles. The standard InChI is InChI=1S/C17H27NO/c1-17(2,3)12-13-7-8-16(19-4)14(10-13)11-15-6-5-9-18-15/h7-8,10,15,18H,5-6,9,11-12H2,1-4H3. The van der Waals surface area contributed by atoms with Crippen molar-refractivity contribution in [1.82, 2.24) is 5.32 Å². The Morgan fingerprint density at radius 2 is 2.11 bits per heavy atom. The van der Waals surface area contributed by atoms with Gasteiger partial charge in [-0.25, -0.2) is 0 Å². The summed E-state index contributed by atoms with van der Waals surface area (Å²) in [7, 11) is 1.77. The highest BCUT2D eigenvalue weighted by Crippen LogP contribution is 2.27. The van der Waals surface area contributed by atoms with Gasteiger partial charge in [-0.1, -0.05) is 32.9 Å². The van der Waals surface area contributed by atoms with Gasteiger partial charge in [0, 0.05) is 6.04 Å². The Bertz CT molecular complexity index is 414. The Labute approximate surface area is 117 Å². The van der Waals surface area contributed by atoms with Gasteiger partial charge in [0.05, 0.1) is 7.11 Å². The third-order valence-corrected chi connectivity index (χ3v) is 3.71. The molecule has 0 aromatic heterocycles. The van der Waals surface area contributed by atoms with Crippen LogP contribution in [0.4, 0.5) is 0 Å². The zero-order chi connectivity index (χ0) is 13.9. The predicted molar refractivity (Wildman–Crippen MR) is 80.9 cm³/mol. The molecule has 0 bridgehead atoms. The molecule has 2 nitrogen and oxygen atoms in total. The van der Waals surface area contributed by atoms with Gasteiger partial charge in [-0.15, -0.1) is 0 Å². The first-order chi connectivity index (χ1) is 8.98. The molecular formula is C17H27NO. The van der Waals surface area contributed by atoms with E-state index in [0.29, 0.717) is 11.5 Å². The second-order valence-corrected chi connectivity index (χ2v) is 6.88. The van der Waals surface area contributed by atoms with Gasteiger partial charge in [0.25, 0.3) is 0 Å². The molecule has 1 unspecified atom stereocenters. The summed E-state index contributed by atoms with van der Waals surface area (Å²) in [6.07, 6.45) is 4.78. The minimum Gasteiger partial charge on any atom is -0.496 e. The highest BCUT2D eigenvalue weighted by Gasteiger charge is 2.18. The highest BCUT2D eigenvalue weighted by atomic mass is 16.5. The van der Waals surface area contributed by atoms with Crippen molar-refractivity contribution in [2.45, 2.75) is 52.5 Å². The van der Waals surface area contributed by atoms with Crippen molar-refractivity contribution in [2.75, 3.05) is 13.7 Å². The van der Waals surface area contributed by atoms with Gasteiger partial charge < -0.3 is 10.1 Å². The number of hydrogen-bond acceptors (Lipinski definition) is 2. The Kier molecular flexibility index (Phi) is 4.51. The van der Waals surface area contributed by atoms with Crippen molar-refractivity contribution in [3.63, 3.8) is 0 Å². The number of methoxy groups -OCH3 is 1. The molecule has 1 atom stereocenters. The summed E-state index contributed by atoms with van der Waals surface area (Å²) in [5.74, 6) is 1.03. The van der Waals surface area contributed by atoms with E-state index >= 15 is 0 Å². The molecule has 1 N–H and O–H groups in total. The van der Waals surface area contributed by atoms with Crippen LogP contribution in [0.2, 0.25) is 0 Å². The summed E-state index contributed by atoms with van der Waals surface area (Å²) in [5.41, 5.74) is 3.10. The second-order valence-electron chi connectivity index (χ2n) is 6.88. The van der Waals surface area contributed by atoms with Crippen molar-refractivity contribution in [3.8, 4) is 5.75 Å². The van der Waals surface area contributed by atoms with Crippen molar-refractivity contribution in [1.29, 1.82) is 0 Å². The molecular weight excluding hydrogens is 234 g/mol. The summed E-state index contributed by atoms with van der Waals surface area (Å²) in [6, 6.07) is 7.30. The number of benzene rings is 1. The maximum atomic E-state index is 5.51. The zero-order valence-electron chi connectivity index (χ0n) is 12.8. The highest BCUT2D eigenvalue weighted by molar-refractivity contribution is 5.38. The molecule has 0 saturated carbocycles. The van der Waals surface area contributed by atoms with Gasteiger partial charge in [-0.2, -0.15) is 0 Å². The zero-order valence-corrected chi connectivity index (χ0v) is 12.8. The van der Waals surface area contributed by atoms with E-state index < -0.39 is 0 Å². The topological polar surface area (TPSA) is 21.3 Å². The van der Waals surface area contributed by atoms with Crippen LogP contribution in [0.3, 0.4) is 0 Å². The van der Waals surface area contributed by atoms with Crippen LogP contribution in [-0.2, 0) is 12.8 Å². The lowest BCUT2D eigenvalue weighted by molar-refractivity contribution is 0.401. The van der Waals surface area contributed by atoms with Gasteiger partial charge in [0.1, 0.15) is 5.75 Å². The number of rotatable bonds is 4. The van der Waals surface area contributed by atoms with E-state index in [0.717, 1.165) is 25.1 Å². The maximum absolute atomic E-state index is 5.51. The molecule has 1 aliphatic heterocycles. The smallest absolute Gasteiger partial charge is 0.122 e. The van der Waals surface area contributed by atoms with Gasteiger partial charge >= 0.3 is 0 Å². The molecule has 0 amide bonds. The van der Waals surface area contributed by atoms with Crippen molar-refractivity contribution >= 4 is 0 Å². The molecule has 1 aliphatic rings. The van der Waals surface area contributed by atoms with Crippen LogP contribution >= 0.6 is 0 Å². The summed E-state index contributed by atoms with van der Waals surface area (Å²) < 4.78 is 5.51. The average molecular weight is 261 g/mol. The number of hydrogen-bond donors (Lipinski definition) is 1. The van der Waals surface area contributed by atoms with Crippen LogP contribution < -0.4 is 10.1 Å². The molecule has 1 aromatic rings. The Balaban J connectivity index is 2.15. The van der Waals surface area contributed by atoms with E-state index in [1.165, 1.54) is 24.0 Å². The van der Waals surface area contributed by atoms with Gasteiger partial charge in [0.2, 0.25) is 0 Å². The Morgan fingerprint density at radius 1 is 1.32 bits per heavy atom. The quantitative estimate of drug-likeness (QED) is 0.894. The summed E-state index contributed by atoms with van der Waals surface area (Å²) >= 11 is 0. The summed E-state index contributed by atoms with van der Waals surface area (Å²) in [4.78, 5) is 0. The molecule has 2 rings (SSSR count). The minimum absolute atomic E-state index is 0.331. The minimum atomic E-state index is 0.331. The van der Waals surface area contributed by atoms with E-state index in [1.807, 2.05) is 0 Å². The van der Waals surface area contributed by atoms with Crippen LogP contribution in [0.1, 0.15) is 44.7 Å². The molecule has 0 aliphatic carbocycles. The van der Waals surface area contributed by atoms with Crippen LogP contribution in [0.25, 0.3) is 0 Å². The van der Waals surface area contributed by atoms with E-state index in [2.05, 4.69) is 44.3 Å². The Hall–Kier alpha value is -1.02. The van der Waals surface area contributed by atoms with Crippen LogP contribution in [-0.4, -0.2) is 19.7 Å². The van der Waals surface area contributed by atoms with E-state index in [1.54, 1.807) is 7.11 Å². The fourth-order valence-electron chi connectivity index (χ4n) is 2.91. The second kappa shape index (κ2) is 5.96. The molecule has 0 radical (unpaired) electrons. The fourth-order valence-corrected chi connectivity index (χ4v) is 2.91. The van der Waals surface area contributed by atoms with Gasteiger partial charge in [-0.05, 0) is 54.8 Å². The van der Waals surface area contributed by atoms with E-state index in [-0.39, 0.29) is 0 Å². The van der Waals surface area contributed by atoms with Crippen LogP contribution in [0, 0.1) is 5.41 Å². The lowest BCUT2D eigenvalue weighted by Crippen LogP contribution is -2.24. The average Bonchev–Trinajstić information content (AvgIpc) is 2.80. The number of ether oxygens (including phenoxy) is 1. The van der Waals surface area contributed by atoms with E-state index in [9.17, 15) is 0 Å². The van der Waals surface area contributed by atoms with Crippen molar-refractivity contribution < 1.29 is 4.74 Å². The monoisotopic (exact) mass is 261 g/mol. The molecule has 19 heavy (non-hydrogen) atoms. The van der Waals surface area contributed by atoms with Gasteiger partial charge in [0.15, 0.2) is 0 Å². The third-order valence-electron chi connectivity index (χ3n) is 3.71. The van der Waals surface area contributed by atoms with Crippen molar-refractivity contribution in [3.05, 3.63) is 29.3 Å². The first kappa shape index (κ1) is 14.4. The van der Waals surface area contributed by atoms with Crippen molar-refractivity contribution in [2.24, 2.45) is 5.41 Å². The molecule has 1 saturated heterocycles. The summed E-state index contributed by atoms with van der Waals surface area (Å²) in [6.45, 7) is 8.02. The lowest BCUT2D eigenvalue weighted by Gasteiger charge is -2.20.